The van der Waals surface area contributed by atoms with Gasteiger partial charge >= 0.3 is 0 Å². The van der Waals surface area contributed by atoms with E-state index in [1.54, 1.807) is 22.8 Å². The van der Waals surface area contributed by atoms with Crippen molar-refractivity contribution in [3.8, 4) is 11.5 Å². The Morgan fingerprint density at radius 1 is 1.13 bits per heavy atom. The molecule has 3 aromatic rings. The van der Waals surface area contributed by atoms with Crippen molar-refractivity contribution in [2.45, 2.75) is 19.9 Å². The molecule has 0 aliphatic heterocycles. The lowest BCUT2D eigenvalue weighted by molar-refractivity contribution is -0.117. The van der Waals surface area contributed by atoms with Gasteiger partial charge in [-0.15, -0.1) is 0 Å². The maximum atomic E-state index is 14.4. The Morgan fingerprint density at radius 2 is 1.90 bits per heavy atom. The Bertz CT molecular complexity index is 1120. The zero-order chi connectivity index (χ0) is 21.7. The van der Waals surface area contributed by atoms with Crippen LogP contribution in [0.1, 0.15) is 12.5 Å². The average Bonchev–Trinajstić information content (AvgIpc) is 3.04. The highest BCUT2D eigenvalue weighted by atomic mass is 32.1. The van der Waals surface area contributed by atoms with Crippen LogP contribution >= 0.6 is 11.3 Å². The van der Waals surface area contributed by atoms with Gasteiger partial charge in [0.25, 0.3) is 5.91 Å². The largest absolute Gasteiger partial charge is 0.493 e. The van der Waals surface area contributed by atoms with E-state index in [9.17, 15) is 13.6 Å². The summed E-state index contributed by atoms with van der Waals surface area (Å²) in [6.45, 7) is 2.96. The molecule has 1 aromatic heterocycles. The second-order valence-electron chi connectivity index (χ2n) is 6.34. The monoisotopic (exact) mass is 436 g/mol. The molecule has 0 radical (unpaired) electrons. The van der Waals surface area contributed by atoms with Gasteiger partial charge in [-0.1, -0.05) is 17.4 Å². The fourth-order valence-corrected chi connectivity index (χ4v) is 4.15. The van der Waals surface area contributed by atoms with Crippen molar-refractivity contribution in [2.75, 3.05) is 27.4 Å². The number of carbonyl (C=O) groups is 1. The molecule has 2 aromatic carbocycles. The molecule has 0 spiro atoms. The van der Waals surface area contributed by atoms with E-state index in [1.165, 1.54) is 20.3 Å². The van der Waals surface area contributed by atoms with Crippen molar-refractivity contribution in [1.29, 1.82) is 0 Å². The predicted octanol–water partition coefficient (Wildman–Crippen LogP) is 3.70. The fourth-order valence-electron chi connectivity index (χ4n) is 3.03. The summed E-state index contributed by atoms with van der Waals surface area (Å²) in [7, 11) is 3.04. The van der Waals surface area contributed by atoms with Gasteiger partial charge in [-0.2, -0.15) is 4.99 Å². The Kier molecular flexibility index (Phi) is 7.17. The Labute approximate surface area is 176 Å². The van der Waals surface area contributed by atoms with Gasteiger partial charge in [0, 0.05) is 19.2 Å². The highest BCUT2D eigenvalue weighted by Crippen LogP contribution is 2.28. The molecule has 0 saturated heterocycles. The summed E-state index contributed by atoms with van der Waals surface area (Å²) < 4.78 is 45.8. The number of rotatable bonds is 8. The zero-order valence-electron chi connectivity index (χ0n) is 16.9. The molecule has 0 aliphatic carbocycles. The molecule has 0 unspecified atom stereocenters. The van der Waals surface area contributed by atoms with Crippen molar-refractivity contribution in [1.82, 2.24) is 4.57 Å². The van der Waals surface area contributed by atoms with Gasteiger partial charge in [0.2, 0.25) is 0 Å². The normalized spacial score (nSPS) is 11.8. The fraction of sp³-hybridized carbons (Fsp3) is 0.333. The quantitative estimate of drug-likeness (QED) is 0.505. The third-order valence-corrected chi connectivity index (χ3v) is 5.41. The number of thiazole rings is 1. The predicted molar refractivity (Wildman–Crippen MR) is 110 cm³/mol. The molecule has 0 N–H and O–H groups in total. The Morgan fingerprint density at radius 3 is 2.60 bits per heavy atom. The number of fused-ring (bicyclic) bond motifs is 1. The topological polar surface area (TPSA) is 62.1 Å². The first-order valence-corrected chi connectivity index (χ1v) is 10.1. The van der Waals surface area contributed by atoms with Gasteiger partial charge in [-0.3, -0.25) is 4.79 Å². The molecule has 30 heavy (non-hydrogen) atoms. The first-order valence-electron chi connectivity index (χ1n) is 9.31. The number of hydrogen-bond acceptors (Lipinski definition) is 5. The van der Waals surface area contributed by atoms with Crippen molar-refractivity contribution in [3.63, 3.8) is 0 Å². The van der Waals surface area contributed by atoms with E-state index in [4.69, 9.17) is 14.2 Å². The standard InChI is InChI=1S/C21H22F2N2O4S/c1-4-29-8-7-25-20-15(23)11-14(22)12-18(20)30-21(25)24-19(26)10-13-5-6-16(27-2)17(9-13)28-3/h5-6,9,11-12H,4,7-8,10H2,1-3H3. The van der Waals surface area contributed by atoms with Gasteiger partial charge < -0.3 is 18.8 Å². The zero-order valence-corrected chi connectivity index (χ0v) is 17.7. The van der Waals surface area contributed by atoms with Crippen molar-refractivity contribution >= 4 is 27.5 Å². The van der Waals surface area contributed by atoms with Crippen LogP contribution in [0, 0.1) is 11.6 Å². The molecular formula is C21H22F2N2O4S. The van der Waals surface area contributed by atoms with Gasteiger partial charge in [0.05, 0.1) is 37.5 Å². The summed E-state index contributed by atoms with van der Waals surface area (Å²) in [6, 6.07) is 7.22. The first-order chi connectivity index (χ1) is 14.5. The average molecular weight is 436 g/mol. The van der Waals surface area contributed by atoms with E-state index in [0.29, 0.717) is 46.3 Å². The SMILES string of the molecule is CCOCCn1c(=NC(=O)Cc2ccc(OC)c(OC)c2)sc2cc(F)cc(F)c21. The molecule has 9 heteroatoms. The third-order valence-electron chi connectivity index (χ3n) is 4.38. The number of halogens is 2. The number of methoxy groups -OCH3 is 2. The lowest BCUT2D eigenvalue weighted by Gasteiger charge is -2.08. The summed E-state index contributed by atoms with van der Waals surface area (Å²) in [5, 5.41) is 0. The molecule has 1 heterocycles. The van der Waals surface area contributed by atoms with E-state index < -0.39 is 17.5 Å². The van der Waals surface area contributed by atoms with Crippen LogP contribution in [0.25, 0.3) is 10.2 Å². The Hall–Kier alpha value is -2.78. The molecule has 0 atom stereocenters. The van der Waals surface area contributed by atoms with Crippen LogP contribution in [-0.4, -0.2) is 37.9 Å². The van der Waals surface area contributed by atoms with E-state index in [-0.39, 0.29) is 11.9 Å². The number of benzene rings is 2. The van der Waals surface area contributed by atoms with Gasteiger partial charge in [0.15, 0.2) is 22.1 Å². The Balaban J connectivity index is 1.97. The highest BCUT2D eigenvalue weighted by Gasteiger charge is 2.14. The molecule has 160 valence electrons. The van der Waals surface area contributed by atoms with Crippen LogP contribution in [0.15, 0.2) is 35.3 Å². The lowest BCUT2D eigenvalue weighted by atomic mass is 10.1. The minimum Gasteiger partial charge on any atom is -0.493 e. The maximum absolute atomic E-state index is 14.4. The maximum Gasteiger partial charge on any atom is 0.252 e. The van der Waals surface area contributed by atoms with Gasteiger partial charge in [0.1, 0.15) is 5.82 Å². The third kappa shape index (κ3) is 4.85. The summed E-state index contributed by atoms with van der Waals surface area (Å²) >= 11 is 1.06. The van der Waals surface area contributed by atoms with Crippen molar-refractivity contribution in [2.24, 2.45) is 4.99 Å². The second-order valence-corrected chi connectivity index (χ2v) is 7.35. The van der Waals surface area contributed by atoms with E-state index in [0.717, 1.165) is 17.4 Å². The minimum atomic E-state index is -0.702. The number of ether oxygens (including phenoxy) is 3. The number of nitrogens with zero attached hydrogens (tertiary/aromatic N) is 2. The van der Waals surface area contributed by atoms with Crippen molar-refractivity contribution < 1.29 is 27.8 Å². The van der Waals surface area contributed by atoms with Crippen LogP contribution in [0.2, 0.25) is 0 Å². The van der Waals surface area contributed by atoms with Crippen LogP contribution in [0.4, 0.5) is 8.78 Å². The second kappa shape index (κ2) is 9.82. The first kappa shape index (κ1) is 21.9. The summed E-state index contributed by atoms with van der Waals surface area (Å²) in [5.41, 5.74) is 0.902. The number of carbonyl (C=O) groups excluding carboxylic acids is 1. The van der Waals surface area contributed by atoms with E-state index in [2.05, 4.69) is 4.99 Å². The lowest BCUT2D eigenvalue weighted by Crippen LogP contribution is -2.20. The van der Waals surface area contributed by atoms with Crippen LogP contribution in [0.3, 0.4) is 0 Å². The van der Waals surface area contributed by atoms with E-state index in [1.807, 2.05) is 6.92 Å². The highest BCUT2D eigenvalue weighted by molar-refractivity contribution is 7.16. The van der Waals surface area contributed by atoms with Crippen LogP contribution in [0.5, 0.6) is 11.5 Å². The van der Waals surface area contributed by atoms with Crippen LogP contribution < -0.4 is 14.3 Å². The molecule has 6 nitrogen and oxygen atoms in total. The molecule has 0 fully saturated rings. The summed E-state index contributed by atoms with van der Waals surface area (Å²) in [5.74, 6) is -0.733. The molecule has 3 rings (SSSR count). The molecule has 0 saturated carbocycles. The smallest absolute Gasteiger partial charge is 0.252 e. The number of aromatic nitrogens is 1. The van der Waals surface area contributed by atoms with E-state index >= 15 is 0 Å². The molecule has 1 amide bonds. The van der Waals surface area contributed by atoms with Gasteiger partial charge in [-0.25, -0.2) is 8.78 Å². The summed E-state index contributed by atoms with van der Waals surface area (Å²) in [6.07, 6.45) is 0.0247. The molecule has 0 aliphatic rings. The number of amides is 1. The van der Waals surface area contributed by atoms with Crippen LogP contribution in [-0.2, 0) is 22.5 Å². The minimum absolute atomic E-state index is 0.0247. The number of hydrogen-bond donors (Lipinski definition) is 0. The molecular weight excluding hydrogens is 414 g/mol. The van der Waals surface area contributed by atoms with Gasteiger partial charge in [-0.05, 0) is 30.7 Å². The molecule has 0 bridgehead atoms. The summed E-state index contributed by atoms with van der Waals surface area (Å²) in [4.78, 5) is 17.1. The van der Waals surface area contributed by atoms with Crippen molar-refractivity contribution in [3.05, 3.63) is 52.3 Å².